The summed E-state index contributed by atoms with van der Waals surface area (Å²) in [4.78, 5) is 28.8. The van der Waals surface area contributed by atoms with Crippen LogP contribution in [0.25, 0.3) is 0 Å². The number of para-hydroxylation sites is 1. The van der Waals surface area contributed by atoms with Crippen molar-refractivity contribution in [3.8, 4) is 11.5 Å². The first-order chi connectivity index (χ1) is 21.6. The van der Waals surface area contributed by atoms with Gasteiger partial charge in [0.2, 0.25) is 11.8 Å². The standard InChI is InChI=1S/C36H41N3O5S/c1-5-28(3)37-36(41)29(4)38(25-24-30-12-8-6-9-13-30)35(40)26-39(45(42,43)34-22-16-27(2)17-23-34)31-18-20-33(21-19-31)44-32-14-10-7-11-15-32/h6-23,28-29H,5,24-26H2,1-4H3,(H,37,41)/t28-,29-/m1/s1. The Labute approximate surface area is 266 Å². The number of hydrogen-bond acceptors (Lipinski definition) is 5. The third kappa shape index (κ3) is 8.95. The summed E-state index contributed by atoms with van der Waals surface area (Å²) in [6.45, 7) is 7.17. The molecule has 0 saturated heterocycles. The van der Waals surface area contributed by atoms with E-state index in [4.69, 9.17) is 4.74 Å². The van der Waals surface area contributed by atoms with Gasteiger partial charge in [-0.15, -0.1) is 0 Å². The molecular formula is C36H41N3O5S. The number of rotatable bonds is 14. The summed E-state index contributed by atoms with van der Waals surface area (Å²) >= 11 is 0. The van der Waals surface area contributed by atoms with Gasteiger partial charge in [-0.1, -0.05) is 73.2 Å². The van der Waals surface area contributed by atoms with Crippen molar-refractivity contribution in [2.75, 3.05) is 17.4 Å². The summed E-state index contributed by atoms with van der Waals surface area (Å²) in [6, 6.07) is 31.1. The molecule has 0 spiro atoms. The Balaban J connectivity index is 1.67. The molecule has 0 aliphatic heterocycles. The van der Waals surface area contributed by atoms with Crippen LogP contribution in [-0.4, -0.2) is 50.3 Å². The van der Waals surface area contributed by atoms with Crippen molar-refractivity contribution in [1.29, 1.82) is 0 Å². The van der Waals surface area contributed by atoms with Crippen LogP contribution in [0.1, 0.15) is 38.3 Å². The lowest BCUT2D eigenvalue weighted by atomic mass is 10.1. The number of carbonyl (C=O) groups excluding carboxylic acids is 2. The zero-order chi connectivity index (χ0) is 32.4. The van der Waals surface area contributed by atoms with Crippen LogP contribution in [-0.2, 0) is 26.0 Å². The number of aryl methyl sites for hydroxylation is 1. The average Bonchev–Trinajstić information content (AvgIpc) is 3.05. The van der Waals surface area contributed by atoms with Crippen molar-refractivity contribution in [1.82, 2.24) is 10.2 Å². The number of carbonyl (C=O) groups is 2. The molecule has 0 fully saturated rings. The van der Waals surface area contributed by atoms with Crippen LogP contribution in [0.2, 0.25) is 0 Å². The molecule has 2 amide bonds. The molecule has 4 aromatic carbocycles. The molecule has 0 aromatic heterocycles. The first kappa shape index (κ1) is 33.3. The minimum Gasteiger partial charge on any atom is -0.457 e. The van der Waals surface area contributed by atoms with Gasteiger partial charge in [-0.2, -0.15) is 0 Å². The van der Waals surface area contributed by atoms with Crippen LogP contribution in [0.4, 0.5) is 5.69 Å². The SMILES string of the molecule is CC[C@@H](C)NC(=O)[C@@H](C)N(CCc1ccccc1)C(=O)CN(c1ccc(Oc2ccccc2)cc1)S(=O)(=O)c1ccc(C)cc1. The zero-order valence-electron chi connectivity index (χ0n) is 26.2. The highest BCUT2D eigenvalue weighted by molar-refractivity contribution is 7.92. The van der Waals surface area contributed by atoms with Gasteiger partial charge < -0.3 is 15.0 Å². The highest BCUT2D eigenvalue weighted by Crippen LogP contribution is 2.28. The van der Waals surface area contributed by atoms with Gasteiger partial charge in [-0.25, -0.2) is 8.42 Å². The molecule has 0 bridgehead atoms. The number of ether oxygens (including phenoxy) is 1. The van der Waals surface area contributed by atoms with E-state index in [9.17, 15) is 18.0 Å². The zero-order valence-corrected chi connectivity index (χ0v) is 27.0. The van der Waals surface area contributed by atoms with Crippen LogP contribution in [0.5, 0.6) is 11.5 Å². The fourth-order valence-electron chi connectivity index (χ4n) is 4.71. The van der Waals surface area contributed by atoms with Gasteiger partial charge in [0, 0.05) is 12.6 Å². The molecule has 2 atom stereocenters. The monoisotopic (exact) mass is 627 g/mol. The van der Waals surface area contributed by atoms with Crippen molar-refractivity contribution in [2.24, 2.45) is 0 Å². The molecule has 0 unspecified atom stereocenters. The first-order valence-electron chi connectivity index (χ1n) is 15.1. The summed E-state index contributed by atoms with van der Waals surface area (Å²) in [6.07, 6.45) is 1.24. The summed E-state index contributed by atoms with van der Waals surface area (Å²) in [5.74, 6) is 0.381. The minimum absolute atomic E-state index is 0.0592. The van der Waals surface area contributed by atoms with E-state index in [2.05, 4.69) is 5.32 Å². The Morgan fingerprint density at radius 3 is 1.98 bits per heavy atom. The quantitative estimate of drug-likeness (QED) is 0.176. The number of nitrogens with zero attached hydrogens (tertiary/aromatic N) is 2. The first-order valence-corrected chi connectivity index (χ1v) is 16.6. The number of amides is 2. The van der Waals surface area contributed by atoms with Crippen molar-refractivity contribution in [3.63, 3.8) is 0 Å². The van der Waals surface area contributed by atoms with E-state index in [0.717, 1.165) is 21.9 Å². The second-order valence-corrected chi connectivity index (χ2v) is 12.9. The van der Waals surface area contributed by atoms with Crippen molar-refractivity contribution < 1.29 is 22.7 Å². The van der Waals surface area contributed by atoms with Crippen molar-refractivity contribution in [3.05, 3.63) is 120 Å². The molecule has 9 heteroatoms. The molecule has 1 N–H and O–H groups in total. The van der Waals surface area contributed by atoms with Crippen LogP contribution in [0.15, 0.2) is 114 Å². The van der Waals surface area contributed by atoms with E-state index in [0.29, 0.717) is 23.6 Å². The van der Waals surface area contributed by atoms with E-state index in [1.807, 2.05) is 81.4 Å². The van der Waals surface area contributed by atoms with Crippen LogP contribution < -0.4 is 14.4 Å². The predicted molar refractivity (Wildman–Crippen MR) is 178 cm³/mol. The fraction of sp³-hybridized carbons (Fsp3) is 0.278. The van der Waals surface area contributed by atoms with Gasteiger partial charge in [-0.05, 0) is 87.7 Å². The molecule has 4 aromatic rings. The van der Waals surface area contributed by atoms with Crippen molar-refractivity contribution in [2.45, 2.75) is 57.5 Å². The second kappa shape index (κ2) is 15.4. The molecule has 0 heterocycles. The Morgan fingerprint density at radius 2 is 1.38 bits per heavy atom. The van der Waals surface area contributed by atoms with Crippen molar-refractivity contribution >= 4 is 27.5 Å². The summed E-state index contributed by atoms with van der Waals surface area (Å²) in [7, 11) is -4.16. The van der Waals surface area contributed by atoms with E-state index in [-0.39, 0.29) is 23.4 Å². The highest BCUT2D eigenvalue weighted by Gasteiger charge is 2.32. The molecule has 0 radical (unpaired) electrons. The Hall–Kier alpha value is -4.63. The molecule has 4 rings (SSSR count). The number of benzene rings is 4. The summed E-state index contributed by atoms with van der Waals surface area (Å²) < 4.78 is 35.2. The number of sulfonamides is 1. The normalized spacial score (nSPS) is 12.5. The van der Waals surface area contributed by atoms with Crippen LogP contribution in [0, 0.1) is 6.92 Å². The number of anilines is 1. The molecule has 0 aliphatic carbocycles. The molecule has 236 valence electrons. The van der Waals surface area contributed by atoms with Crippen LogP contribution in [0.3, 0.4) is 0 Å². The van der Waals surface area contributed by atoms with Gasteiger partial charge in [-0.3, -0.25) is 13.9 Å². The van der Waals surface area contributed by atoms with E-state index in [1.165, 1.54) is 17.0 Å². The smallest absolute Gasteiger partial charge is 0.264 e. The lowest BCUT2D eigenvalue weighted by Crippen LogP contribution is -2.53. The van der Waals surface area contributed by atoms with Gasteiger partial charge in [0.05, 0.1) is 10.6 Å². The maximum absolute atomic E-state index is 14.1. The van der Waals surface area contributed by atoms with Gasteiger partial charge in [0.1, 0.15) is 24.1 Å². The lowest BCUT2D eigenvalue weighted by molar-refractivity contribution is -0.139. The summed E-state index contributed by atoms with van der Waals surface area (Å²) in [5.41, 5.74) is 2.21. The van der Waals surface area contributed by atoms with E-state index < -0.39 is 28.5 Å². The lowest BCUT2D eigenvalue weighted by Gasteiger charge is -2.32. The molecule has 8 nitrogen and oxygen atoms in total. The van der Waals surface area contributed by atoms with Crippen LogP contribution >= 0.6 is 0 Å². The second-order valence-electron chi connectivity index (χ2n) is 11.1. The third-order valence-electron chi connectivity index (χ3n) is 7.64. The predicted octanol–water partition coefficient (Wildman–Crippen LogP) is 6.36. The Bertz CT molecular complexity index is 1640. The molecule has 0 saturated carbocycles. The topological polar surface area (TPSA) is 96.0 Å². The maximum Gasteiger partial charge on any atom is 0.264 e. The Kier molecular flexibility index (Phi) is 11.4. The van der Waals surface area contributed by atoms with Gasteiger partial charge in [0.25, 0.3) is 10.0 Å². The Morgan fingerprint density at radius 1 is 0.800 bits per heavy atom. The highest BCUT2D eigenvalue weighted by atomic mass is 32.2. The molecule has 45 heavy (non-hydrogen) atoms. The minimum atomic E-state index is -4.16. The average molecular weight is 628 g/mol. The number of hydrogen-bond donors (Lipinski definition) is 1. The summed E-state index contributed by atoms with van der Waals surface area (Å²) in [5, 5.41) is 2.96. The molecular weight excluding hydrogens is 586 g/mol. The fourth-order valence-corrected chi connectivity index (χ4v) is 6.12. The molecule has 0 aliphatic rings. The third-order valence-corrected chi connectivity index (χ3v) is 9.43. The van der Waals surface area contributed by atoms with Gasteiger partial charge in [0.15, 0.2) is 0 Å². The van der Waals surface area contributed by atoms with E-state index >= 15 is 0 Å². The number of nitrogens with one attached hydrogen (secondary N) is 1. The maximum atomic E-state index is 14.1. The largest absolute Gasteiger partial charge is 0.457 e. The van der Waals surface area contributed by atoms with E-state index in [1.54, 1.807) is 43.3 Å². The van der Waals surface area contributed by atoms with Gasteiger partial charge >= 0.3 is 0 Å².